The first-order chi connectivity index (χ1) is 19.4. The lowest BCUT2D eigenvalue weighted by molar-refractivity contribution is -0.131. The third-order valence-electron chi connectivity index (χ3n) is 6.95. The van der Waals surface area contributed by atoms with E-state index in [2.05, 4.69) is 15.6 Å². The van der Waals surface area contributed by atoms with Gasteiger partial charge in [-0.05, 0) is 74.2 Å². The SMILES string of the molecule is O=C(Nc1ccc(F)cc1)C1(C(=O)Nc2ccc(Oc3ccnc4cc5c(cc34)OCCCCO5)c(F)c2)CC1. The smallest absolute Gasteiger partial charge is 0.240 e. The molecule has 0 atom stereocenters. The lowest BCUT2D eigenvalue weighted by Crippen LogP contribution is -2.35. The average Bonchev–Trinajstić information content (AvgIpc) is 3.74. The Morgan fingerprint density at radius 3 is 2.12 bits per heavy atom. The van der Waals surface area contributed by atoms with Gasteiger partial charge in [0.15, 0.2) is 23.1 Å². The first-order valence-corrected chi connectivity index (χ1v) is 13.0. The topological polar surface area (TPSA) is 98.8 Å². The van der Waals surface area contributed by atoms with Crippen LogP contribution >= 0.6 is 0 Å². The van der Waals surface area contributed by atoms with Crippen molar-refractivity contribution >= 4 is 34.1 Å². The number of nitrogens with zero attached hydrogens (tertiary/aromatic N) is 1. The van der Waals surface area contributed by atoms with Crippen molar-refractivity contribution < 1.29 is 32.6 Å². The van der Waals surface area contributed by atoms with E-state index in [1.165, 1.54) is 36.4 Å². The highest BCUT2D eigenvalue weighted by Crippen LogP contribution is 2.47. The van der Waals surface area contributed by atoms with E-state index in [0.29, 0.717) is 59.9 Å². The van der Waals surface area contributed by atoms with Gasteiger partial charge in [0.1, 0.15) is 17.0 Å². The van der Waals surface area contributed by atoms with Crippen molar-refractivity contribution in [3.63, 3.8) is 0 Å². The quantitative estimate of drug-likeness (QED) is 0.280. The molecule has 6 rings (SSSR count). The predicted molar refractivity (Wildman–Crippen MR) is 144 cm³/mol. The van der Waals surface area contributed by atoms with Crippen LogP contribution in [-0.2, 0) is 9.59 Å². The van der Waals surface area contributed by atoms with Gasteiger partial charge in [0.2, 0.25) is 11.8 Å². The lowest BCUT2D eigenvalue weighted by Gasteiger charge is -2.18. The van der Waals surface area contributed by atoms with E-state index in [9.17, 15) is 14.0 Å². The van der Waals surface area contributed by atoms with E-state index in [4.69, 9.17) is 14.2 Å². The summed E-state index contributed by atoms with van der Waals surface area (Å²) >= 11 is 0. The molecule has 1 aliphatic heterocycles. The molecule has 0 spiro atoms. The highest BCUT2D eigenvalue weighted by Gasteiger charge is 2.56. The summed E-state index contributed by atoms with van der Waals surface area (Å²) in [7, 11) is 0. The van der Waals surface area contributed by atoms with Crippen LogP contribution in [0.2, 0.25) is 0 Å². The Morgan fingerprint density at radius 2 is 1.45 bits per heavy atom. The summed E-state index contributed by atoms with van der Waals surface area (Å²) in [4.78, 5) is 30.1. The van der Waals surface area contributed by atoms with Gasteiger partial charge in [0.25, 0.3) is 0 Å². The Kier molecular flexibility index (Phi) is 6.67. The van der Waals surface area contributed by atoms with Crippen molar-refractivity contribution in [2.75, 3.05) is 23.8 Å². The second-order valence-electron chi connectivity index (χ2n) is 9.77. The van der Waals surface area contributed by atoms with E-state index in [1.807, 2.05) is 0 Å². The predicted octanol–water partition coefficient (Wildman–Crippen LogP) is 6.21. The first-order valence-electron chi connectivity index (χ1n) is 13.0. The van der Waals surface area contributed by atoms with Crippen LogP contribution in [0.15, 0.2) is 66.9 Å². The number of carbonyl (C=O) groups excluding carboxylic acids is 2. The molecule has 1 aromatic heterocycles. The summed E-state index contributed by atoms with van der Waals surface area (Å²) < 4.78 is 45.8. The van der Waals surface area contributed by atoms with E-state index in [1.54, 1.807) is 24.4 Å². The number of carbonyl (C=O) groups is 2. The largest absolute Gasteiger partial charge is 0.490 e. The first kappa shape index (κ1) is 25.5. The molecule has 8 nitrogen and oxygen atoms in total. The molecule has 0 radical (unpaired) electrons. The van der Waals surface area contributed by atoms with Gasteiger partial charge in [-0.3, -0.25) is 14.6 Å². The van der Waals surface area contributed by atoms with Crippen molar-refractivity contribution in [1.82, 2.24) is 4.98 Å². The molecule has 2 heterocycles. The molecule has 204 valence electrons. The number of nitrogens with one attached hydrogen (secondary N) is 2. The van der Waals surface area contributed by atoms with Crippen LogP contribution in [0.1, 0.15) is 25.7 Å². The number of hydrogen-bond acceptors (Lipinski definition) is 6. The third-order valence-corrected chi connectivity index (χ3v) is 6.95. The van der Waals surface area contributed by atoms with Gasteiger partial charge in [-0.2, -0.15) is 0 Å². The minimum absolute atomic E-state index is 0.0513. The zero-order valence-electron chi connectivity index (χ0n) is 21.3. The average molecular weight is 546 g/mol. The number of amides is 2. The fraction of sp³-hybridized carbons (Fsp3) is 0.233. The van der Waals surface area contributed by atoms with Gasteiger partial charge in [-0.1, -0.05) is 0 Å². The van der Waals surface area contributed by atoms with E-state index < -0.39 is 28.9 Å². The number of rotatable bonds is 6. The fourth-order valence-corrected chi connectivity index (χ4v) is 4.51. The summed E-state index contributed by atoms with van der Waals surface area (Å²) in [6.45, 7) is 1.15. The summed E-state index contributed by atoms with van der Waals surface area (Å²) in [6.07, 6.45) is 4.04. The summed E-state index contributed by atoms with van der Waals surface area (Å²) in [5.74, 6) is -0.674. The maximum absolute atomic E-state index is 15.1. The minimum Gasteiger partial charge on any atom is -0.490 e. The molecule has 4 aromatic rings. The Labute approximate surface area is 228 Å². The highest BCUT2D eigenvalue weighted by atomic mass is 19.1. The maximum atomic E-state index is 15.1. The molecule has 2 N–H and O–H groups in total. The molecule has 1 aliphatic carbocycles. The number of hydrogen-bond donors (Lipinski definition) is 2. The molecule has 10 heteroatoms. The standard InChI is InChI=1S/C30H25F2N3O5/c31-18-3-5-19(6-4-18)34-28(36)30(10-11-30)29(37)35-20-7-8-25(22(32)15-20)40-24-9-12-33-23-17-27-26(16-21(23)24)38-13-1-2-14-39-27/h3-9,12,15-17H,1-2,10-11,13-14H2,(H,34,36)(H,35,37). The zero-order valence-corrected chi connectivity index (χ0v) is 21.3. The van der Waals surface area contributed by atoms with Crippen LogP contribution in [0, 0.1) is 17.0 Å². The normalized spacial score (nSPS) is 15.4. The molecule has 3 aromatic carbocycles. The van der Waals surface area contributed by atoms with Crippen molar-refractivity contribution in [3.8, 4) is 23.0 Å². The van der Waals surface area contributed by atoms with E-state index >= 15 is 4.39 Å². The zero-order chi connectivity index (χ0) is 27.7. The van der Waals surface area contributed by atoms with Crippen LogP contribution < -0.4 is 24.8 Å². The monoisotopic (exact) mass is 545 g/mol. The summed E-state index contributed by atoms with van der Waals surface area (Å²) in [5.41, 5.74) is -0.0911. The third kappa shape index (κ3) is 5.12. The van der Waals surface area contributed by atoms with Gasteiger partial charge in [-0.25, -0.2) is 8.78 Å². The number of benzene rings is 3. The van der Waals surface area contributed by atoms with Crippen LogP contribution in [0.5, 0.6) is 23.0 Å². The fourth-order valence-electron chi connectivity index (χ4n) is 4.51. The van der Waals surface area contributed by atoms with Crippen LogP contribution in [0.4, 0.5) is 20.2 Å². The number of halogens is 2. The van der Waals surface area contributed by atoms with Gasteiger partial charge < -0.3 is 24.8 Å². The number of anilines is 2. The Hall–Kier alpha value is -4.73. The second kappa shape index (κ2) is 10.4. The van der Waals surface area contributed by atoms with Crippen LogP contribution in [0.3, 0.4) is 0 Å². The highest BCUT2D eigenvalue weighted by molar-refractivity contribution is 6.16. The van der Waals surface area contributed by atoms with Gasteiger partial charge in [0, 0.05) is 35.1 Å². The van der Waals surface area contributed by atoms with Crippen molar-refractivity contribution in [1.29, 1.82) is 0 Å². The Morgan fingerprint density at radius 1 is 0.800 bits per heavy atom. The van der Waals surface area contributed by atoms with Crippen LogP contribution in [0.25, 0.3) is 10.9 Å². The maximum Gasteiger partial charge on any atom is 0.240 e. The van der Waals surface area contributed by atoms with E-state index in [0.717, 1.165) is 18.9 Å². The molecule has 1 fully saturated rings. The number of aromatic nitrogens is 1. The van der Waals surface area contributed by atoms with Crippen molar-refractivity contribution in [2.45, 2.75) is 25.7 Å². The van der Waals surface area contributed by atoms with Gasteiger partial charge in [-0.15, -0.1) is 0 Å². The van der Waals surface area contributed by atoms with E-state index in [-0.39, 0.29) is 11.4 Å². The number of ether oxygens (including phenoxy) is 3. The van der Waals surface area contributed by atoms with Crippen LogP contribution in [-0.4, -0.2) is 30.0 Å². The molecule has 0 bridgehead atoms. The number of pyridine rings is 1. The second-order valence-corrected chi connectivity index (χ2v) is 9.77. The molecule has 40 heavy (non-hydrogen) atoms. The van der Waals surface area contributed by atoms with Gasteiger partial charge >= 0.3 is 0 Å². The van der Waals surface area contributed by atoms with Crippen molar-refractivity contribution in [3.05, 3.63) is 78.5 Å². The molecule has 0 saturated heterocycles. The molecule has 2 amide bonds. The Bertz CT molecular complexity index is 1610. The molecule has 2 aliphatic rings. The molecular weight excluding hydrogens is 520 g/mol. The van der Waals surface area contributed by atoms with Crippen molar-refractivity contribution in [2.24, 2.45) is 5.41 Å². The molecule has 1 saturated carbocycles. The summed E-state index contributed by atoms with van der Waals surface area (Å²) in [6, 6.07) is 14.5. The van der Waals surface area contributed by atoms with Gasteiger partial charge in [0.05, 0.1) is 18.7 Å². The lowest BCUT2D eigenvalue weighted by atomic mass is 10.0. The number of fused-ring (bicyclic) bond motifs is 2. The summed E-state index contributed by atoms with van der Waals surface area (Å²) in [5, 5.41) is 5.91. The molecular formula is C30H25F2N3O5. The minimum atomic E-state index is -1.27. The molecule has 0 unspecified atom stereocenters. The Balaban J connectivity index is 1.17.